The molecule has 4 nitrogen and oxygen atoms in total. The third-order valence-electron chi connectivity index (χ3n) is 5.44. The first-order chi connectivity index (χ1) is 13.5. The lowest BCUT2D eigenvalue weighted by molar-refractivity contribution is 0.0600. The van der Waals surface area contributed by atoms with Gasteiger partial charge in [-0.2, -0.15) is 0 Å². The highest BCUT2D eigenvalue weighted by molar-refractivity contribution is 7.93. The van der Waals surface area contributed by atoms with Crippen molar-refractivity contribution in [3.05, 3.63) is 53.3 Å². The summed E-state index contributed by atoms with van der Waals surface area (Å²) in [6.07, 6.45) is 3.84. The maximum absolute atomic E-state index is 14.7. The van der Waals surface area contributed by atoms with Crippen LogP contribution in [0.2, 0.25) is 0 Å². The fourth-order valence-corrected chi connectivity index (χ4v) is 4.52. The van der Waals surface area contributed by atoms with Gasteiger partial charge >= 0.3 is 5.97 Å². The summed E-state index contributed by atoms with van der Waals surface area (Å²) in [6, 6.07) is 9.98. The van der Waals surface area contributed by atoms with Crippen LogP contribution in [0.3, 0.4) is 0 Å². The Bertz CT molecular complexity index is 852. The van der Waals surface area contributed by atoms with Crippen LogP contribution in [-0.2, 0) is 8.92 Å². The molecule has 0 bridgehead atoms. The molecule has 0 radical (unpaired) electrons. The van der Waals surface area contributed by atoms with Gasteiger partial charge in [-0.3, -0.25) is 0 Å². The van der Waals surface area contributed by atoms with E-state index in [1.165, 1.54) is 25.2 Å². The maximum Gasteiger partial charge on any atom is 0.337 e. The molecule has 1 fully saturated rings. The Morgan fingerprint density at radius 1 is 1.11 bits per heavy atom. The van der Waals surface area contributed by atoms with Crippen LogP contribution in [-0.4, -0.2) is 32.5 Å². The molecule has 2 aromatic carbocycles. The lowest BCUT2D eigenvalue weighted by Gasteiger charge is -2.26. The highest BCUT2D eigenvalue weighted by Gasteiger charge is 2.37. The van der Waals surface area contributed by atoms with Crippen molar-refractivity contribution < 1.29 is 22.8 Å². The van der Waals surface area contributed by atoms with Crippen molar-refractivity contribution in [2.75, 3.05) is 20.5 Å². The average Bonchev–Trinajstić information content (AvgIpc) is 3.07. The highest BCUT2D eigenvalue weighted by Crippen LogP contribution is 2.46. The van der Waals surface area contributed by atoms with E-state index in [4.69, 9.17) is 13.7 Å². The number of benzene rings is 2. The Kier molecular flexibility index (Phi) is 6.62. The van der Waals surface area contributed by atoms with Gasteiger partial charge in [0, 0.05) is 17.7 Å². The van der Waals surface area contributed by atoms with E-state index >= 15 is 0 Å². The summed E-state index contributed by atoms with van der Waals surface area (Å²) in [4.78, 5) is 12.1. The van der Waals surface area contributed by atoms with Gasteiger partial charge in [0.2, 0.25) is 0 Å². The standard InChI is InChI=1S/C22H25FO4S/c1-13-5-10-20(27-28-4)21(13)18-11-14(22(24)26-3)6-8-16(18)17-12-15(25-2)7-9-19(17)23/h6-9,11-13,20-21H,5,10H2,1-4H3. The van der Waals surface area contributed by atoms with E-state index in [2.05, 4.69) is 6.92 Å². The summed E-state index contributed by atoms with van der Waals surface area (Å²) in [5.74, 6) is 0.235. The van der Waals surface area contributed by atoms with Crippen LogP contribution in [0.4, 0.5) is 4.39 Å². The van der Waals surface area contributed by atoms with Crippen LogP contribution >= 0.6 is 12.0 Å². The molecule has 3 rings (SSSR count). The average molecular weight is 405 g/mol. The SMILES string of the molecule is COC(=O)c1ccc(-c2cc(OC)ccc2F)c(C2C(C)CCC2OSC)c1. The maximum atomic E-state index is 14.7. The molecule has 0 saturated heterocycles. The Morgan fingerprint density at radius 2 is 1.89 bits per heavy atom. The van der Waals surface area contributed by atoms with Gasteiger partial charge in [0.25, 0.3) is 0 Å². The molecule has 2 aromatic rings. The lowest BCUT2D eigenvalue weighted by Crippen LogP contribution is -2.19. The van der Waals surface area contributed by atoms with Gasteiger partial charge in [0.1, 0.15) is 11.6 Å². The van der Waals surface area contributed by atoms with Crippen LogP contribution in [0.5, 0.6) is 5.75 Å². The van der Waals surface area contributed by atoms with E-state index in [1.807, 2.05) is 12.3 Å². The molecule has 3 unspecified atom stereocenters. The topological polar surface area (TPSA) is 44.8 Å². The molecule has 1 aliphatic carbocycles. The molecule has 0 spiro atoms. The van der Waals surface area contributed by atoms with E-state index in [-0.39, 0.29) is 17.8 Å². The number of methoxy groups -OCH3 is 2. The van der Waals surface area contributed by atoms with Crippen molar-refractivity contribution in [3.8, 4) is 16.9 Å². The molecule has 0 aliphatic heterocycles. The molecule has 6 heteroatoms. The minimum absolute atomic E-state index is 0.00492. The van der Waals surface area contributed by atoms with Crippen LogP contribution in [0, 0.1) is 11.7 Å². The molecule has 3 atom stereocenters. The zero-order valence-corrected chi connectivity index (χ0v) is 17.3. The van der Waals surface area contributed by atoms with E-state index in [9.17, 15) is 9.18 Å². The quantitative estimate of drug-likeness (QED) is 0.472. The molecule has 28 heavy (non-hydrogen) atoms. The first-order valence-electron chi connectivity index (χ1n) is 9.25. The van der Waals surface area contributed by atoms with E-state index in [0.717, 1.165) is 24.0 Å². The number of esters is 1. The van der Waals surface area contributed by atoms with Crippen molar-refractivity contribution in [1.82, 2.24) is 0 Å². The second-order valence-corrected chi connectivity index (χ2v) is 7.55. The fourth-order valence-electron chi connectivity index (χ4n) is 4.06. The molecule has 0 amide bonds. The predicted octanol–water partition coefficient (Wildman–Crippen LogP) is 5.46. The lowest BCUT2D eigenvalue weighted by atomic mass is 9.83. The van der Waals surface area contributed by atoms with Crippen molar-refractivity contribution >= 4 is 18.0 Å². The Hall–Kier alpha value is -2.05. The zero-order valence-electron chi connectivity index (χ0n) is 16.5. The van der Waals surface area contributed by atoms with Gasteiger partial charge in [-0.1, -0.05) is 13.0 Å². The molecular weight excluding hydrogens is 379 g/mol. The Labute approximate surface area is 169 Å². The van der Waals surface area contributed by atoms with Crippen molar-refractivity contribution in [3.63, 3.8) is 0 Å². The largest absolute Gasteiger partial charge is 0.497 e. The molecule has 0 heterocycles. The van der Waals surface area contributed by atoms with E-state index < -0.39 is 5.97 Å². The van der Waals surface area contributed by atoms with Crippen LogP contribution in [0.1, 0.15) is 41.6 Å². The van der Waals surface area contributed by atoms with Gasteiger partial charge in [-0.05, 0) is 72.3 Å². The second-order valence-electron chi connectivity index (χ2n) is 7.02. The summed E-state index contributed by atoms with van der Waals surface area (Å²) in [7, 11) is 2.91. The molecule has 150 valence electrons. The van der Waals surface area contributed by atoms with Crippen LogP contribution in [0.15, 0.2) is 36.4 Å². The molecular formula is C22H25FO4S. The first kappa shape index (κ1) is 20.7. The Morgan fingerprint density at radius 3 is 2.57 bits per heavy atom. The zero-order chi connectivity index (χ0) is 20.3. The number of halogens is 1. The molecule has 0 N–H and O–H groups in total. The molecule has 1 saturated carbocycles. The first-order valence-corrected chi connectivity index (χ1v) is 10.4. The number of carbonyl (C=O) groups is 1. The number of carbonyl (C=O) groups excluding carboxylic acids is 1. The highest BCUT2D eigenvalue weighted by atomic mass is 32.2. The normalized spacial score (nSPS) is 21.5. The smallest absolute Gasteiger partial charge is 0.337 e. The number of hydrogen-bond acceptors (Lipinski definition) is 5. The molecule has 1 aliphatic rings. The number of rotatable bonds is 6. The third-order valence-corrected chi connectivity index (χ3v) is 5.88. The van der Waals surface area contributed by atoms with Gasteiger partial charge in [0.05, 0.1) is 25.9 Å². The monoisotopic (exact) mass is 404 g/mol. The summed E-state index contributed by atoms with van der Waals surface area (Å²) < 4.78 is 30.8. The van der Waals surface area contributed by atoms with Crippen LogP contribution < -0.4 is 4.74 Å². The van der Waals surface area contributed by atoms with Crippen molar-refractivity contribution in [1.29, 1.82) is 0 Å². The second kappa shape index (κ2) is 8.97. The van der Waals surface area contributed by atoms with Crippen LogP contribution in [0.25, 0.3) is 11.1 Å². The summed E-state index contributed by atoms with van der Waals surface area (Å²) in [6.45, 7) is 2.17. The van der Waals surface area contributed by atoms with Gasteiger partial charge < -0.3 is 13.7 Å². The van der Waals surface area contributed by atoms with Gasteiger partial charge in [-0.25, -0.2) is 9.18 Å². The van der Waals surface area contributed by atoms with Crippen molar-refractivity contribution in [2.45, 2.75) is 31.8 Å². The minimum Gasteiger partial charge on any atom is -0.497 e. The van der Waals surface area contributed by atoms with Gasteiger partial charge in [0.15, 0.2) is 0 Å². The third kappa shape index (κ3) is 4.03. The summed E-state index contributed by atoms with van der Waals surface area (Å²) in [5, 5.41) is 0. The van der Waals surface area contributed by atoms with Gasteiger partial charge in [-0.15, -0.1) is 0 Å². The van der Waals surface area contributed by atoms with E-state index in [1.54, 1.807) is 31.4 Å². The Balaban J connectivity index is 2.19. The fraction of sp³-hybridized carbons (Fsp3) is 0.409. The molecule has 0 aromatic heterocycles. The summed E-state index contributed by atoms with van der Waals surface area (Å²) >= 11 is 1.34. The number of hydrogen-bond donors (Lipinski definition) is 0. The summed E-state index contributed by atoms with van der Waals surface area (Å²) in [5.41, 5.74) is 2.55. The number of ether oxygens (including phenoxy) is 2. The van der Waals surface area contributed by atoms with Crippen molar-refractivity contribution in [2.24, 2.45) is 5.92 Å². The van der Waals surface area contributed by atoms with E-state index in [0.29, 0.717) is 22.8 Å². The minimum atomic E-state index is -0.410. The predicted molar refractivity (Wildman–Crippen MR) is 109 cm³/mol.